The monoisotopic (exact) mass is 349 g/mol. The van der Waals surface area contributed by atoms with Crippen LogP contribution in [-0.2, 0) is 16.8 Å². The summed E-state index contributed by atoms with van der Waals surface area (Å²) in [6, 6.07) is 17.9. The highest BCUT2D eigenvalue weighted by Crippen LogP contribution is 2.40. The highest BCUT2D eigenvalue weighted by molar-refractivity contribution is 5.80. The van der Waals surface area contributed by atoms with E-state index in [4.69, 9.17) is 0 Å². The zero-order valence-corrected chi connectivity index (χ0v) is 14.7. The lowest BCUT2D eigenvalue weighted by molar-refractivity contribution is -0.121. The number of hydrogen-bond acceptors (Lipinski definition) is 2. The molecule has 1 fully saturated rings. The van der Waals surface area contributed by atoms with Gasteiger partial charge in [-0.15, -0.1) is 0 Å². The minimum Gasteiger partial charge on any atom is -0.354 e. The summed E-state index contributed by atoms with van der Waals surface area (Å²) < 4.78 is 1.49. The summed E-state index contributed by atoms with van der Waals surface area (Å²) in [5.41, 5.74) is 2.57. The second-order valence-corrected chi connectivity index (χ2v) is 7.16. The van der Waals surface area contributed by atoms with Crippen molar-refractivity contribution in [2.75, 3.05) is 6.54 Å². The van der Waals surface area contributed by atoms with E-state index in [2.05, 4.69) is 34.6 Å². The van der Waals surface area contributed by atoms with Gasteiger partial charge in [-0.05, 0) is 30.5 Å². The van der Waals surface area contributed by atoms with Crippen molar-refractivity contribution in [1.29, 1.82) is 0 Å². The third-order valence-electron chi connectivity index (χ3n) is 5.55. The van der Waals surface area contributed by atoms with Crippen LogP contribution in [0.15, 0.2) is 59.4 Å². The summed E-state index contributed by atoms with van der Waals surface area (Å²) in [6.45, 7) is 0.653. The highest BCUT2D eigenvalue weighted by Gasteiger charge is 2.35. The van der Waals surface area contributed by atoms with E-state index < -0.39 is 0 Å². The molecule has 1 aromatic heterocycles. The summed E-state index contributed by atoms with van der Waals surface area (Å²) in [7, 11) is 0. The molecule has 2 N–H and O–H groups in total. The van der Waals surface area contributed by atoms with Crippen molar-refractivity contribution in [3.63, 3.8) is 0 Å². The van der Waals surface area contributed by atoms with Gasteiger partial charge in [-0.3, -0.25) is 9.36 Å². The molecule has 0 unspecified atom stereocenters. The maximum absolute atomic E-state index is 12.6. The van der Waals surface area contributed by atoms with Gasteiger partial charge < -0.3 is 10.3 Å². The van der Waals surface area contributed by atoms with Gasteiger partial charge in [0.25, 0.3) is 0 Å². The van der Waals surface area contributed by atoms with Crippen LogP contribution in [0.5, 0.6) is 0 Å². The summed E-state index contributed by atoms with van der Waals surface area (Å²) in [5.74, 6) is -0.126. The molecular formula is C21H23N3O2. The molecule has 5 heteroatoms. The molecule has 3 aromatic rings. The molecule has 4 rings (SSSR count). The quantitative estimate of drug-likeness (QED) is 0.744. The van der Waals surface area contributed by atoms with Crippen molar-refractivity contribution in [3.05, 3.63) is 70.6 Å². The minimum atomic E-state index is -0.250. The van der Waals surface area contributed by atoms with Gasteiger partial charge in [-0.1, -0.05) is 55.3 Å². The molecule has 0 bridgehead atoms. The molecule has 0 radical (unpaired) electrons. The number of para-hydroxylation sites is 2. The first-order chi connectivity index (χ1) is 12.7. The molecule has 1 aliphatic carbocycles. The minimum absolute atomic E-state index is 0.0160. The number of rotatable bonds is 5. The fourth-order valence-electron chi connectivity index (χ4n) is 4.14. The van der Waals surface area contributed by atoms with Crippen molar-refractivity contribution < 1.29 is 4.79 Å². The number of aromatic amines is 1. The summed E-state index contributed by atoms with van der Waals surface area (Å²) >= 11 is 0. The number of benzene rings is 2. The Morgan fingerprint density at radius 1 is 1.04 bits per heavy atom. The zero-order valence-electron chi connectivity index (χ0n) is 14.7. The number of amides is 1. The second-order valence-electron chi connectivity index (χ2n) is 7.16. The number of imidazole rings is 1. The fraction of sp³-hybridized carbons (Fsp3) is 0.333. The summed E-state index contributed by atoms with van der Waals surface area (Å²) in [6.07, 6.45) is 4.55. The van der Waals surface area contributed by atoms with E-state index in [-0.39, 0.29) is 23.6 Å². The third kappa shape index (κ3) is 3.05. The molecule has 134 valence electrons. The zero-order chi connectivity index (χ0) is 18.0. The smallest absolute Gasteiger partial charge is 0.326 e. The van der Waals surface area contributed by atoms with Crippen LogP contribution in [0, 0.1) is 0 Å². The predicted octanol–water partition coefficient (Wildman–Crippen LogP) is 2.96. The lowest BCUT2D eigenvalue weighted by atomic mass is 9.79. The van der Waals surface area contributed by atoms with Gasteiger partial charge >= 0.3 is 5.69 Å². The fourth-order valence-corrected chi connectivity index (χ4v) is 4.14. The average Bonchev–Trinajstić information content (AvgIpc) is 3.27. The summed E-state index contributed by atoms with van der Waals surface area (Å²) in [5, 5.41) is 3.08. The number of fused-ring (bicyclic) bond motifs is 1. The largest absolute Gasteiger partial charge is 0.354 e. The average molecular weight is 349 g/mol. The van der Waals surface area contributed by atoms with Crippen LogP contribution < -0.4 is 11.0 Å². The Bertz CT molecular complexity index is 966. The molecule has 1 aliphatic rings. The van der Waals surface area contributed by atoms with E-state index in [1.165, 1.54) is 23.0 Å². The Balaban J connectivity index is 1.49. The molecule has 1 heterocycles. The molecule has 2 aromatic carbocycles. The number of nitrogens with one attached hydrogen (secondary N) is 2. The van der Waals surface area contributed by atoms with Gasteiger partial charge in [-0.25, -0.2) is 4.79 Å². The lowest BCUT2D eigenvalue weighted by Gasteiger charge is -2.30. The van der Waals surface area contributed by atoms with Crippen LogP contribution in [0.25, 0.3) is 11.0 Å². The van der Waals surface area contributed by atoms with Gasteiger partial charge in [0.15, 0.2) is 0 Å². The molecule has 1 saturated carbocycles. The Labute approximate surface area is 152 Å². The van der Waals surface area contributed by atoms with Gasteiger partial charge in [0, 0.05) is 12.0 Å². The van der Waals surface area contributed by atoms with Crippen molar-refractivity contribution in [2.45, 2.75) is 37.6 Å². The maximum Gasteiger partial charge on any atom is 0.326 e. The highest BCUT2D eigenvalue weighted by atomic mass is 16.2. The topological polar surface area (TPSA) is 66.9 Å². The van der Waals surface area contributed by atoms with E-state index in [9.17, 15) is 9.59 Å². The third-order valence-corrected chi connectivity index (χ3v) is 5.55. The number of nitrogens with zero attached hydrogens (tertiary/aromatic N) is 1. The van der Waals surface area contributed by atoms with E-state index in [1.54, 1.807) is 0 Å². The number of aromatic nitrogens is 2. The SMILES string of the molecule is O=C(Cn1c(=O)[nH]c2ccccc21)NCC1(c2ccccc2)CCCC1. The number of carbonyl (C=O) groups excluding carboxylic acids is 1. The van der Waals surface area contributed by atoms with E-state index in [0.29, 0.717) is 6.54 Å². The van der Waals surface area contributed by atoms with Crippen molar-refractivity contribution in [2.24, 2.45) is 0 Å². The van der Waals surface area contributed by atoms with Crippen LogP contribution in [0.2, 0.25) is 0 Å². The Hall–Kier alpha value is -2.82. The van der Waals surface area contributed by atoms with Gasteiger partial charge in [0.1, 0.15) is 6.54 Å². The van der Waals surface area contributed by atoms with Crippen LogP contribution in [0.4, 0.5) is 0 Å². The first-order valence-corrected chi connectivity index (χ1v) is 9.18. The van der Waals surface area contributed by atoms with E-state index in [1.807, 2.05) is 30.3 Å². The van der Waals surface area contributed by atoms with E-state index in [0.717, 1.165) is 23.9 Å². The number of hydrogen-bond donors (Lipinski definition) is 2. The van der Waals surface area contributed by atoms with Crippen molar-refractivity contribution >= 4 is 16.9 Å². The molecule has 1 amide bonds. The van der Waals surface area contributed by atoms with Gasteiger partial charge in [0.05, 0.1) is 11.0 Å². The predicted molar refractivity (Wildman–Crippen MR) is 102 cm³/mol. The first-order valence-electron chi connectivity index (χ1n) is 9.18. The summed E-state index contributed by atoms with van der Waals surface area (Å²) in [4.78, 5) is 27.5. The van der Waals surface area contributed by atoms with Crippen molar-refractivity contribution in [3.8, 4) is 0 Å². The molecule has 26 heavy (non-hydrogen) atoms. The standard InChI is InChI=1S/C21H23N3O2/c25-19(14-24-18-11-5-4-10-17(18)23-20(24)26)22-15-21(12-6-7-13-21)16-8-2-1-3-9-16/h1-5,8-11H,6-7,12-15H2,(H,22,25)(H,23,26). The normalized spacial score (nSPS) is 16.0. The molecular weight excluding hydrogens is 326 g/mol. The molecule has 0 aliphatic heterocycles. The lowest BCUT2D eigenvalue weighted by Crippen LogP contribution is -2.41. The maximum atomic E-state index is 12.6. The second kappa shape index (κ2) is 6.83. The molecule has 0 saturated heterocycles. The first kappa shape index (κ1) is 16.6. The molecule has 0 spiro atoms. The van der Waals surface area contributed by atoms with Crippen LogP contribution in [0.1, 0.15) is 31.2 Å². The van der Waals surface area contributed by atoms with Gasteiger partial charge in [-0.2, -0.15) is 0 Å². The van der Waals surface area contributed by atoms with Crippen LogP contribution in [-0.4, -0.2) is 22.0 Å². The van der Waals surface area contributed by atoms with Gasteiger partial charge in [0.2, 0.25) is 5.91 Å². The Morgan fingerprint density at radius 2 is 1.73 bits per heavy atom. The van der Waals surface area contributed by atoms with Crippen LogP contribution in [0.3, 0.4) is 0 Å². The van der Waals surface area contributed by atoms with Crippen LogP contribution >= 0.6 is 0 Å². The number of H-pyrrole nitrogens is 1. The molecule has 0 atom stereocenters. The number of carbonyl (C=O) groups is 1. The van der Waals surface area contributed by atoms with Crippen molar-refractivity contribution in [1.82, 2.24) is 14.9 Å². The van der Waals surface area contributed by atoms with E-state index >= 15 is 0 Å². The Kier molecular flexibility index (Phi) is 4.37. The molecule has 5 nitrogen and oxygen atoms in total. The Morgan fingerprint density at radius 3 is 2.50 bits per heavy atom.